The van der Waals surface area contributed by atoms with E-state index >= 15 is 0 Å². The maximum Gasteiger partial charge on any atom is -0.0351 e. The molecule has 0 radical (unpaired) electrons. The molecule has 0 spiro atoms. The van der Waals surface area contributed by atoms with Gasteiger partial charge >= 0.3 is 0 Å². The fourth-order valence-corrected chi connectivity index (χ4v) is 3.56. The van der Waals surface area contributed by atoms with E-state index in [0.29, 0.717) is 0 Å². The molecule has 0 nitrogen and oxygen atoms in total. The topological polar surface area (TPSA) is 0 Å². The number of rotatable bonds is 0. The highest BCUT2D eigenvalue weighted by Crippen LogP contribution is 2.42. The van der Waals surface area contributed by atoms with Gasteiger partial charge in [0.15, 0.2) is 0 Å². The third-order valence-electron chi connectivity index (χ3n) is 2.79. The smallest absolute Gasteiger partial charge is 0.0351 e. The Morgan fingerprint density at radius 1 is 0.889 bits per heavy atom. The molecule has 0 aromatic rings. The lowest BCUT2D eigenvalue weighted by atomic mass is 9.72. The maximum atomic E-state index is 1.59. The fraction of sp³-hybridized carbons (Fsp3) is 1.00. The van der Waals surface area contributed by atoms with Crippen LogP contribution in [0, 0.1) is 11.8 Å². The van der Waals surface area contributed by atoms with Crippen molar-refractivity contribution in [3.05, 3.63) is 0 Å². The average Bonchev–Trinajstić information content (AvgIpc) is 1.54. The molecule has 52 valence electrons. The SMILES string of the molecule is C1CC2CC(CCP1)C2. The van der Waals surface area contributed by atoms with Crippen LogP contribution in [0.3, 0.4) is 0 Å². The number of fused-ring (bicyclic) bond motifs is 4. The van der Waals surface area contributed by atoms with E-state index in [1.54, 1.807) is 38.0 Å². The molecule has 0 aromatic carbocycles. The van der Waals surface area contributed by atoms with Crippen LogP contribution in [0.2, 0.25) is 0 Å². The van der Waals surface area contributed by atoms with E-state index < -0.39 is 0 Å². The first-order valence-corrected chi connectivity index (χ1v) is 5.57. The Hall–Kier alpha value is 0.430. The summed E-state index contributed by atoms with van der Waals surface area (Å²) in [6, 6.07) is 0. The van der Waals surface area contributed by atoms with Crippen molar-refractivity contribution in [3.8, 4) is 0 Å². The van der Waals surface area contributed by atoms with Crippen molar-refractivity contribution in [1.29, 1.82) is 0 Å². The second kappa shape index (κ2) is 2.58. The second-order valence-electron chi connectivity index (χ2n) is 3.53. The van der Waals surface area contributed by atoms with Crippen LogP contribution in [-0.4, -0.2) is 12.3 Å². The molecule has 1 aliphatic carbocycles. The number of hydrogen-bond acceptors (Lipinski definition) is 0. The first-order chi connectivity index (χ1) is 4.45. The van der Waals surface area contributed by atoms with Gasteiger partial charge in [-0.3, -0.25) is 0 Å². The van der Waals surface area contributed by atoms with Crippen LogP contribution in [0.25, 0.3) is 0 Å². The van der Waals surface area contributed by atoms with Crippen LogP contribution in [-0.2, 0) is 0 Å². The minimum Gasteiger partial charge on any atom is -0.122 e. The van der Waals surface area contributed by atoms with Crippen molar-refractivity contribution >= 4 is 8.58 Å². The van der Waals surface area contributed by atoms with Gasteiger partial charge in [0.2, 0.25) is 0 Å². The van der Waals surface area contributed by atoms with Crippen LogP contribution in [0.4, 0.5) is 0 Å². The molecule has 1 heteroatoms. The summed E-state index contributed by atoms with van der Waals surface area (Å²) >= 11 is 0. The van der Waals surface area contributed by atoms with Gasteiger partial charge in [0.25, 0.3) is 0 Å². The van der Waals surface area contributed by atoms with Crippen LogP contribution in [0.1, 0.15) is 25.7 Å². The van der Waals surface area contributed by atoms with Crippen LogP contribution >= 0.6 is 8.58 Å². The molecule has 0 aromatic heterocycles. The van der Waals surface area contributed by atoms with Crippen molar-refractivity contribution in [2.24, 2.45) is 11.8 Å². The zero-order valence-corrected chi connectivity index (χ0v) is 6.90. The largest absolute Gasteiger partial charge is 0.122 e. The number of hydrogen-bond donors (Lipinski definition) is 0. The predicted octanol–water partition coefficient (Wildman–Crippen LogP) is 2.48. The minimum absolute atomic E-state index is 1.17. The van der Waals surface area contributed by atoms with Gasteiger partial charge in [0, 0.05) is 0 Å². The van der Waals surface area contributed by atoms with E-state index in [-0.39, 0.29) is 0 Å². The summed E-state index contributed by atoms with van der Waals surface area (Å²) < 4.78 is 0. The van der Waals surface area contributed by atoms with Gasteiger partial charge in [-0.2, -0.15) is 0 Å². The third-order valence-corrected chi connectivity index (χ3v) is 4.08. The molecule has 0 amide bonds. The summed E-state index contributed by atoms with van der Waals surface area (Å²) in [5, 5.41) is 0. The highest BCUT2D eigenvalue weighted by Gasteiger charge is 2.29. The van der Waals surface area contributed by atoms with E-state index in [4.69, 9.17) is 0 Å². The maximum absolute atomic E-state index is 1.59. The Morgan fingerprint density at radius 2 is 1.44 bits per heavy atom. The molecule has 0 atom stereocenters. The van der Waals surface area contributed by atoms with Gasteiger partial charge in [0.05, 0.1) is 0 Å². The summed E-state index contributed by atoms with van der Waals surface area (Å²) in [4.78, 5) is 0. The van der Waals surface area contributed by atoms with Crippen LogP contribution < -0.4 is 0 Å². The van der Waals surface area contributed by atoms with Gasteiger partial charge in [-0.05, 0) is 49.8 Å². The summed E-state index contributed by atoms with van der Waals surface area (Å²) in [5.41, 5.74) is 0. The Labute approximate surface area is 59.2 Å². The Kier molecular flexibility index (Phi) is 1.77. The Bertz CT molecular complexity index is 79.2. The average molecular weight is 142 g/mol. The molecule has 3 fully saturated rings. The fourth-order valence-electron chi connectivity index (χ4n) is 2.08. The molecular weight excluding hydrogens is 127 g/mol. The first-order valence-electron chi connectivity index (χ1n) is 4.16. The molecular formula is C8H15P. The lowest BCUT2D eigenvalue weighted by molar-refractivity contribution is 0.181. The van der Waals surface area contributed by atoms with Gasteiger partial charge in [-0.15, -0.1) is 8.58 Å². The Balaban J connectivity index is 1.85. The molecule has 2 aliphatic heterocycles. The van der Waals surface area contributed by atoms with Crippen molar-refractivity contribution < 1.29 is 0 Å². The zero-order chi connectivity index (χ0) is 6.10. The second-order valence-corrected chi connectivity index (χ2v) is 5.03. The summed E-state index contributed by atoms with van der Waals surface area (Å²) in [6.07, 6.45) is 9.41. The highest BCUT2D eigenvalue weighted by molar-refractivity contribution is 7.37. The molecule has 3 aliphatic rings. The third kappa shape index (κ3) is 1.29. The lowest BCUT2D eigenvalue weighted by Crippen LogP contribution is -2.26. The van der Waals surface area contributed by atoms with E-state index in [1.807, 2.05) is 0 Å². The van der Waals surface area contributed by atoms with Crippen molar-refractivity contribution in [3.63, 3.8) is 0 Å². The van der Waals surface area contributed by atoms with E-state index in [9.17, 15) is 0 Å². The van der Waals surface area contributed by atoms with Gasteiger partial charge in [-0.25, -0.2) is 0 Å². The summed E-state index contributed by atoms with van der Waals surface area (Å²) in [6.45, 7) is 0. The van der Waals surface area contributed by atoms with E-state index in [2.05, 4.69) is 0 Å². The minimum atomic E-state index is 1.17. The quantitative estimate of drug-likeness (QED) is 0.456. The molecule has 9 heavy (non-hydrogen) atoms. The van der Waals surface area contributed by atoms with Gasteiger partial charge < -0.3 is 0 Å². The van der Waals surface area contributed by atoms with Crippen molar-refractivity contribution in [2.75, 3.05) is 12.3 Å². The van der Waals surface area contributed by atoms with Crippen molar-refractivity contribution in [1.82, 2.24) is 0 Å². The molecule has 2 heterocycles. The normalized spacial score (nSPS) is 45.3. The molecule has 0 N–H and O–H groups in total. The molecule has 2 bridgehead atoms. The predicted molar refractivity (Wildman–Crippen MR) is 43.5 cm³/mol. The van der Waals surface area contributed by atoms with E-state index in [1.165, 1.54) is 20.4 Å². The zero-order valence-electron chi connectivity index (χ0n) is 5.90. The Morgan fingerprint density at radius 3 is 2.00 bits per heavy atom. The van der Waals surface area contributed by atoms with Crippen LogP contribution in [0.15, 0.2) is 0 Å². The standard InChI is InChI=1S/C8H15P/c1-3-9-4-2-8-5-7(1)6-8/h7-9H,1-6H2. The van der Waals surface area contributed by atoms with Gasteiger partial charge in [-0.1, -0.05) is 0 Å². The van der Waals surface area contributed by atoms with E-state index in [0.717, 1.165) is 0 Å². The summed E-state index contributed by atoms with van der Waals surface area (Å²) in [7, 11) is 1.31. The molecule has 0 unspecified atom stereocenters. The highest BCUT2D eigenvalue weighted by atomic mass is 31.1. The molecule has 1 saturated carbocycles. The molecule has 3 rings (SSSR count). The van der Waals surface area contributed by atoms with Crippen LogP contribution in [0.5, 0.6) is 0 Å². The lowest BCUT2D eigenvalue weighted by Gasteiger charge is -2.37. The molecule has 2 saturated heterocycles. The first kappa shape index (κ1) is 6.16. The van der Waals surface area contributed by atoms with Gasteiger partial charge in [0.1, 0.15) is 0 Å². The van der Waals surface area contributed by atoms with Crippen molar-refractivity contribution in [2.45, 2.75) is 25.7 Å². The summed E-state index contributed by atoms with van der Waals surface area (Å²) in [5.74, 6) is 2.34. The monoisotopic (exact) mass is 142 g/mol.